The first kappa shape index (κ1) is 8.02. The SMILES string of the molecule is C[C@H]1C[N+](C)(C)CC[C@H]1O. The van der Waals surface area contributed by atoms with Crippen molar-refractivity contribution in [1.82, 2.24) is 0 Å². The first-order valence-corrected chi connectivity index (χ1v) is 4.01. The normalized spacial score (nSPS) is 39.6. The van der Waals surface area contributed by atoms with Crippen molar-refractivity contribution < 1.29 is 9.59 Å². The zero-order valence-electron chi connectivity index (χ0n) is 7.17. The zero-order valence-corrected chi connectivity index (χ0v) is 7.17. The maximum atomic E-state index is 9.40. The highest BCUT2D eigenvalue weighted by Gasteiger charge is 2.30. The molecule has 1 saturated heterocycles. The Morgan fingerprint density at radius 2 is 2.00 bits per heavy atom. The molecule has 10 heavy (non-hydrogen) atoms. The van der Waals surface area contributed by atoms with E-state index in [0.717, 1.165) is 24.0 Å². The van der Waals surface area contributed by atoms with Gasteiger partial charge < -0.3 is 9.59 Å². The van der Waals surface area contributed by atoms with Gasteiger partial charge in [0.15, 0.2) is 0 Å². The second-order valence-corrected chi connectivity index (χ2v) is 4.18. The molecule has 60 valence electrons. The number of rotatable bonds is 0. The van der Waals surface area contributed by atoms with E-state index in [1.54, 1.807) is 0 Å². The summed E-state index contributed by atoms with van der Waals surface area (Å²) < 4.78 is 1.07. The third kappa shape index (κ3) is 1.70. The molecule has 1 N–H and O–H groups in total. The van der Waals surface area contributed by atoms with E-state index in [1.165, 1.54) is 0 Å². The van der Waals surface area contributed by atoms with Gasteiger partial charge in [-0.05, 0) is 0 Å². The van der Waals surface area contributed by atoms with E-state index < -0.39 is 0 Å². The van der Waals surface area contributed by atoms with Gasteiger partial charge in [0.05, 0.1) is 33.3 Å². The van der Waals surface area contributed by atoms with Crippen molar-refractivity contribution in [3.8, 4) is 0 Å². The van der Waals surface area contributed by atoms with Crippen molar-refractivity contribution in [2.45, 2.75) is 19.4 Å². The van der Waals surface area contributed by atoms with Gasteiger partial charge in [0, 0.05) is 12.3 Å². The maximum absolute atomic E-state index is 9.40. The van der Waals surface area contributed by atoms with Crippen LogP contribution in [0.4, 0.5) is 0 Å². The molecular formula is C8H18NO+. The van der Waals surface area contributed by atoms with Crippen molar-refractivity contribution in [3.63, 3.8) is 0 Å². The first-order chi connectivity index (χ1) is 4.51. The average molecular weight is 144 g/mol. The Labute approximate surface area is 63.1 Å². The van der Waals surface area contributed by atoms with Crippen LogP contribution in [0.15, 0.2) is 0 Å². The van der Waals surface area contributed by atoms with E-state index >= 15 is 0 Å². The van der Waals surface area contributed by atoms with Gasteiger partial charge in [-0.3, -0.25) is 0 Å². The van der Waals surface area contributed by atoms with E-state index in [0.29, 0.717) is 5.92 Å². The second kappa shape index (κ2) is 2.51. The maximum Gasteiger partial charge on any atom is 0.0833 e. The van der Waals surface area contributed by atoms with Crippen LogP contribution in [-0.2, 0) is 0 Å². The van der Waals surface area contributed by atoms with Gasteiger partial charge in [-0.1, -0.05) is 6.92 Å². The van der Waals surface area contributed by atoms with Crippen LogP contribution in [0, 0.1) is 5.92 Å². The molecule has 0 amide bonds. The van der Waals surface area contributed by atoms with Gasteiger partial charge in [-0.2, -0.15) is 0 Å². The predicted molar refractivity (Wildman–Crippen MR) is 41.6 cm³/mol. The molecular weight excluding hydrogens is 126 g/mol. The predicted octanol–water partition coefficient (Wildman–Crippen LogP) is 0.464. The molecule has 2 nitrogen and oxygen atoms in total. The van der Waals surface area contributed by atoms with Gasteiger partial charge >= 0.3 is 0 Å². The van der Waals surface area contributed by atoms with Gasteiger partial charge in [-0.25, -0.2) is 0 Å². The molecule has 0 radical (unpaired) electrons. The molecule has 1 fully saturated rings. The third-order valence-corrected chi connectivity index (χ3v) is 2.47. The number of piperidine rings is 1. The third-order valence-electron chi connectivity index (χ3n) is 2.47. The van der Waals surface area contributed by atoms with Gasteiger partial charge in [0.25, 0.3) is 0 Å². The summed E-state index contributed by atoms with van der Waals surface area (Å²) in [5, 5.41) is 9.40. The number of hydrogen-bond donors (Lipinski definition) is 1. The van der Waals surface area contributed by atoms with E-state index in [-0.39, 0.29) is 6.10 Å². The van der Waals surface area contributed by atoms with Gasteiger partial charge in [-0.15, -0.1) is 0 Å². The number of quaternary nitrogens is 1. The lowest BCUT2D eigenvalue weighted by molar-refractivity contribution is -0.899. The number of aliphatic hydroxyl groups is 1. The molecule has 2 atom stereocenters. The lowest BCUT2D eigenvalue weighted by Crippen LogP contribution is -2.51. The molecule has 1 heterocycles. The Hall–Kier alpha value is -0.0800. The lowest BCUT2D eigenvalue weighted by Gasteiger charge is -2.39. The van der Waals surface area contributed by atoms with Gasteiger partial charge in [0.1, 0.15) is 0 Å². The Kier molecular flexibility index (Phi) is 2.02. The molecule has 0 spiro atoms. The zero-order chi connectivity index (χ0) is 7.78. The molecule has 0 aromatic heterocycles. The van der Waals surface area contributed by atoms with E-state index in [4.69, 9.17) is 0 Å². The van der Waals surface area contributed by atoms with Crippen molar-refractivity contribution in [2.24, 2.45) is 5.92 Å². The van der Waals surface area contributed by atoms with Crippen LogP contribution in [-0.4, -0.2) is 42.9 Å². The lowest BCUT2D eigenvalue weighted by atomic mass is 9.96. The smallest absolute Gasteiger partial charge is 0.0833 e. The summed E-state index contributed by atoms with van der Waals surface area (Å²) in [7, 11) is 4.45. The monoisotopic (exact) mass is 144 g/mol. The molecule has 1 aliphatic rings. The van der Waals surface area contributed by atoms with Crippen LogP contribution < -0.4 is 0 Å². The summed E-state index contributed by atoms with van der Waals surface area (Å²) in [6, 6.07) is 0. The minimum atomic E-state index is -0.0499. The molecule has 1 aliphatic heterocycles. The second-order valence-electron chi connectivity index (χ2n) is 4.18. The van der Waals surface area contributed by atoms with Crippen molar-refractivity contribution in [2.75, 3.05) is 27.2 Å². The van der Waals surface area contributed by atoms with E-state index in [2.05, 4.69) is 21.0 Å². The molecule has 2 heteroatoms. The van der Waals surface area contributed by atoms with Crippen LogP contribution in [0.2, 0.25) is 0 Å². The van der Waals surface area contributed by atoms with Crippen LogP contribution in [0.3, 0.4) is 0 Å². The largest absolute Gasteiger partial charge is 0.392 e. The topological polar surface area (TPSA) is 20.2 Å². The highest BCUT2D eigenvalue weighted by Crippen LogP contribution is 2.19. The molecule has 0 aromatic carbocycles. The molecule has 0 unspecified atom stereocenters. The standard InChI is InChI=1S/C8H18NO/c1-7-6-9(2,3)5-4-8(7)10/h7-8,10H,4-6H2,1-3H3/q+1/t7-,8+/m0/s1. The quantitative estimate of drug-likeness (QED) is 0.490. The molecule has 1 rings (SSSR count). The number of aliphatic hydroxyl groups excluding tert-OH is 1. The Morgan fingerprint density at radius 3 is 2.40 bits per heavy atom. The van der Waals surface area contributed by atoms with Crippen molar-refractivity contribution in [3.05, 3.63) is 0 Å². The van der Waals surface area contributed by atoms with Crippen LogP contribution in [0.25, 0.3) is 0 Å². The van der Waals surface area contributed by atoms with E-state index in [1.807, 2.05) is 0 Å². The fourth-order valence-electron chi connectivity index (χ4n) is 1.76. The molecule has 0 saturated carbocycles. The number of hydrogen-bond acceptors (Lipinski definition) is 1. The fraction of sp³-hybridized carbons (Fsp3) is 1.00. The van der Waals surface area contributed by atoms with E-state index in [9.17, 15) is 5.11 Å². The molecule has 0 aromatic rings. The summed E-state index contributed by atoms with van der Waals surface area (Å²) in [6.07, 6.45) is 0.917. The highest BCUT2D eigenvalue weighted by atomic mass is 16.3. The number of nitrogens with zero attached hydrogens (tertiary/aromatic N) is 1. The molecule has 0 bridgehead atoms. The van der Waals surface area contributed by atoms with Crippen LogP contribution in [0.1, 0.15) is 13.3 Å². The average Bonchev–Trinajstić information content (AvgIpc) is 1.79. The van der Waals surface area contributed by atoms with Crippen LogP contribution in [0.5, 0.6) is 0 Å². The first-order valence-electron chi connectivity index (χ1n) is 4.01. The summed E-state index contributed by atoms with van der Waals surface area (Å²) in [5.41, 5.74) is 0. The Morgan fingerprint density at radius 1 is 1.40 bits per heavy atom. The summed E-state index contributed by atoms with van der Waals surface area (Å²) >= 11 is 0. The number of likely N-dealkylation sites (tertiary alicyclic amines) is 1. The van der Waals surface area contributed by atoms with Crippen LogP contribution >= 0.6 is 0 Å². The molecule has 0 aliphatic carbocycles. The van der Waals surface area contributed by atoms with Crippen molar-refractivity contribution in [1.29, 1.82) is 0 Å². The summed E-state index contributed by atoms with van der Waals surface area (Å²) in [5.74, 6) is 0.476. The minimum Gasteiger partial charge on any atom is -0.392 e. The van der Waals surface area contributed by atoms with Crippen molar-refractivity contribution >= 4 is 0 Å². The highest BCUT2D eigenvalue weighted by molar-refractivity contribution is 4.68. The Balaban J connectivity index is 2.49. The summed E-state index contributed by atoms with van der Waals surface area (Å²) in [4.78, 5) is 0. The Bertz CT molecular complexity index is 122. The van der Waals surface area contributed by atoms with Gasteiger partial charge in [0.2, 0.25) is 0 Å². The minimum absolute atomic E-state index is 0.0499. The summed E-state index contributed by atoms with van der Waals surface area (Å²) in [6.45, 7) is 4.36. The fourth-order valence-corrected chi connectivity index (χ4v) is 1.76.